The summed E-state index contributed by atoms with van der Waals surface area (Å²) in [5.74, 6) is 0.654. The van der Waals surface area contributed by atoms with Gasteiger partial charge >= 0.3 is 5.95 Å². The lowest BCUT2D eigenvalue weighted by molar-refractivity contribution is -0.661. The monoisotopic (exact) mass is 202 g/mol. The predicted molar refractivity (Wildman–Crippen MR) is 53.8 cm³/mol. The first kappa shape index (κ1) is 9.51. The van der Waals surface area contributed by atoms with Crippen molar-refractivity contribution in [3.05, 3.63) is 42.5 Å². The molecule has 2 rings (SSSR count). The van der Waals surface area contributed by atoms with Gasteiger partial charge in [-0.05, 0) is 4.99 Å². The zero-order valence-electron chi connectivity index (χ0n) is 8.70. The van der Waals surface area contributed by atoms with Gasteiger partial charge in [0.05, 0.1) is 19.4 Å². The van der Waals surface area contributed by atoms with Crippen LogP contribution in [0.2, 0.25) is 0 Å². The van der Waals surface area contributed by atoms with E-state index in [9.17, 15) is 0 Å². The fraction of sp³-hybridized carbons (Fsp3) is 0.200. The molecule has 0 amide bonds. The van der Waals surface area contributed by atoms with Gasteiger partial charge in [0.25, 0.3) is 0 Å². The highest BCUT2D eigenvalue weighted by molar-refractivity contribution is 5.03. The molecule has 2 heterocycles. The van der Waals surface area contributed by atoms with E-state index in [0.717, 1.165) is 5.49 Å². The Morgan fingerprint density at radius 1 is 1.40 bits per heavy atom. The molecule has 0 saturated carbocycles. The molecule has 0 bridgehead atoms. The van der Waals surface area contributed by atoms with E-state index in [1.54, 1.807) is 18.6 Å². The van der Waals surface area contributed by atoms with Crippen LogP contribution < -0.4 is 10.1 Å². The van der Waals surface area contributed by atoms with Crippen LogP contribution in [0.5, 0.6) is 0 Å². The fourth-order valence-corrected chi connectivity index (χ4v) is 1.17. The maximum Gasteiger partial charge on any atom is 0.434 e. The largest absolute Gasteiger partial charge is 0.434 e. The van der Waals surface area contributed by atoms with Gasteiger partial charge in [-0.25, -0.2) is 4.57 Å². The van der Waals surface area contributed by atoms with E-state index in [-0.39, 0.29) is 0 Å². The van der Waals surface area contributed by atoms with Crippen molar-refractivity contribution >= 4 is 5.95 Å². The van der Waals surface area contributed by atoms with E-state index in [2.05, 4.69) is 15.0 Å². The highest BCUT2D eigenvalue weighted by atomic mass is 15.1. The zero-order valence-corrected chi connectivity index (χ0v) is 8.70. The Hall–Kier alpha value is -2.04. The SMILES string of the molecule is Cn1ccncc1=Nc1nccc[n+]1C. The Balaban J connectivity index is 2.57. The Labute approximate surface area is 87.4 Å². The van der Waals surface area contributed by atoms with Crippen molar-refractivity contribution < 1.29 is 4.57 Å². The molecule has 76 valence electrons. The number of rotatable bonds is 1. The first-order valence-electron chi connectivity index (χ1n) is 4.59. The third kappa shape index (κ3) is 2.07. The van der Waals surface area contributed by atoms with E-state index in [1.807, 2.05) is 41.7 Å². The molecule has 15 heavy (non-hydrogen) atoms. The highest BCUT2D eigenvalue weighted by Crippen LogP contribution is 1.93. The summed E-state index contributed by atoms with van der Waals surface area (Å²) in [4.78, 5) is 12.6. The molecule has 0 aromatic carbocycles. The van der Waals surface area contributed by atoms with E-state index >= 15 is 0 Å². The molecule has 0 unspecified atom stereocenters. The molecular weight excluding hydrogens is 190 g/mol. The Morgan fingerprint density at radius 2 is 2.27 bits per heavy atom. The minimum atomic E-state index is 0.654. The molecule has 0 N–H and O–H groups in total. The normalized spacial score (nSPS) is 11.7. The first-order chi connectivity index (χ1) is 7.27. The summed E-state index contributed by atoms with van der Waals surface area (Å²) in [6.07, 6.45) is 8.89. The van der Waals surface area contributed by atoms with Gasteiger partial charge in [0.2, 0.25) is 5.49 Å². The minimum absolute atomic E-state index is 0.654. The van der Waals surface area contributed by atoms with Gasteiger partial charge in [-0.1, -0.05) is 4.98 Å². The van der Waals surface area contributed by atoms with Gasteiger partial charge in [-0.2, -0.15) is 0 Å². The quantitative estimate of drug-likeness (QED) is 0.605. The third-order valence-electron chi connectivity index (χ3n) is 2.04. The smallest absolute Gasteiger partial charge is 0.320 e. The first-order valence-corrected chi connectivity index (χ1v) is 4.59. The minimum Gasteiger partial charge on any atom is -0.320 e. The third-order valence-corrected chi connectivity index (χ3v) is 2.04. The van der Waals surface area contributed by atoms with Crippen molar-refractivity contribution in [2.45, 2.75) is 0 Å². The lowest BCUT2D eigenvalue weighted by atomic mass is 10.6. The maximum atomic E-state index is 4.39. The molecule has 0 aliphatic heterocycles. The lowest BCUT2D eigenvalue weighted by Gasteiger charge is -1.94. The molecular formula is C10H12N5+. The Kier molecular flexibility index (Phi) is 2.53. The van der Waals surface area contributed by atoms with Crippen LogP contribution in [0.25, 0.3) is 0 Å². The molecule has 5 nitrogen and oxygen atoms in total. The second-order valence-corrected chi connectivity index (χ2v) is 3.19. The standard InChI is InChI=1S/C10H12N5/c1-14-7-5-11-8-9(14)13-10-12-4-3-6-15(10)2/h3-8H,1-2H3/q+1. The van der Waals surface area contributed by atoms with Crippen molar-refractivity contribution in [1.82, 2.24) is 14.5 Å². The summed E-state index contributed by atoms with van der Waals surface area (Å²) in [5, 5.41) is 0. The van der Waals surface area contributed by atoms with E-state index in [0.29, 0.717) is 5.95 Å². The van der Waals surface area contributed by atoms with Crippen molar-refractivity contribution in [1.29, 1.82) is 0 Å². The van der Waals surface area contributed by atoms with Crippen LogP contribution in [0.4, 0.5) is 5.95 Å². The summed E-state index contributed by atoms with van der Waals surface area (Å²) in [5.41, 5.74) is 0.770. The molecule has 0 saturated heterocycles. The number of aryl methyl sites for hydroxylation is 2. The summed E-state index contributed by atoms with van der Waals surface area (Å²) < 4.78 is 3.74. The van der Waals surface area contributed by atoms with Crippen LogP contribution in [0, 0.1) is 0 Å². The molecule has 0 aliphatic rings. The van der Waals surface area contributed by atoms with Crippen LogP contribution in [-0.2, 0) is 14.1 Å². The predicted octanol–water partition coefficient (Wildman–Crippen LogP) is -0.128. The van der Waals surface area contributed by atoms with E-state index < -0.39 is 0 Å². The summed E-state index contributed by atoms with van der Waals surface area (Å²) in [6, 6.07) is 1.86. The van der Waals surface area contributed by atoms with Gasteiger partial charge < -0.3 is 4.57 Å². The molecule has 0 radical (unpaired) electrons. The average Bonchev–Trinajstić information content (AvgIpc) is 2.24. The fourth-order valence-electron chi connectivity index (χ4n) is 1.17. The topological polar surface area (TPSA) is 47.0 Å². The second-order valence-electron chi connectivity index (χ2n) is 3.19. The van der Waals surface area contributed by atoms with Crippen molar-refractivity contribution in [3.8, 4) is 0 Å². The number of hydrogen-bond acceptors (Lipinski definition) is 3. The molecule has 0 fully saturated rings. The highest BCUT2D eigenvalue weighted by Gasteiger charge is 2.05. The molecule has 0 aliphatic carbocycles. The Morgan fingerprint density at radius 3 is 3.00 bits per heavy atom. The summed E-state index contributed by atoms with van der Waals surface area (Å²) in [7, 11) is 3.83. The lowest BCUT2D eigenvalue weighted by Crippen LogP contribution is -2.30. The van der Waals surface area contributed by atoms with Crippen molar-refractivity contribution in [2.75, 3.05) is 0 Å². The maximum absolute atomic E-state index is 4.39. The van der Waals surface area contributed by atoms with Crippen molar-refractivity contribution in [2.24, 2.45) is 19.1 Å². The summed E-state index contributed by atoms with van der Waals surface area (Å²) >= 11 is 0. The molecule has 2 aromatic rings. The van der Waals surface area contributed by atoms with Gasteiger partial charge in [0, 0.05) is 25.5 Å². The molecule has 0 spiro atoms. The van der Waals surface area contributed by atoms with Gasteiger partial charge in [0.15, 0.2) is 0 Å². The van der Waals surface area contributed by atoms with Crippen LogP contribution in [0.15, 0.2) is 42.0 Å². The van der Waals surface area contributed by atoms with E-state index in [1.165, 1.54) is 0 Å². The molecule has 5 heteroatoms. The molecule has 0 atom stereocenters. The van der Waals surface area contributed by atoms with Gasteiger partial charge in [-0.15, -0.1) is 0 Å². The van der Waals surface area contributed by atoms with Crippen LogP contribution >= 0.6 is 0 Å². The van der Waals surface area contributed by atoms with E-state index in [4.69, 9.17) is 0 Å². The van der Waals surface area contributed by atoms with Crippen molar-refractivity contribution in [3.63, 3.8) is 0 Å². The van der Waals surface area contributed by atoms with Crippen LogP contribution in [0.3, 0.4) is 0 Å². The van der Waals surface area contributed by atoms with Gasteiger partial charge in [-0.3, -0.25) is 4.98 Å². The average molecular weight is 202 g/mol. The van der Waals surface area contributed by atoms with Gasteiger partial charge in [0.1, 0.15) is 6.20 Å². The van der Waals surface area contributed by atoms with Crippen LogP contribution in [0.1, 0.15) is 0 Å². The zero-order chi connectivity index (χ0) is 10.7. The summed E-state index contributed by atoms with van der Waals surface area (Å²) in [6.45, 7) is 0. The Bertz CT molecular complexity index is 529. The second kappa shape index (κ2) is 4.00. The number of nitrogens with zero attached hydrogens (tertiary/aromatic N) is 5. The number of hydrogen-bond donors (Lipinski definition) is 0. The molecule has 2 aromatic heterocycles. The number of aromatic nitrogens is 4. The van der Waals surface area contributed by atoms with Crippen LogP contribution in [-0.4, -0.2) is 14.5 Å².